The molecule has 0 unspecified atom stereocenters. The second-order valence-corrected chi connectivity index (χ2v) is 14.7. The zero-order chi connectivity index (χ0) is 38.2. The van der Waals surface area contributed by atoms with Gasteiger partial charge >= 0.3 is 0 Å². The van der Waals surface area contributed by atoms with Crippen molar-refractivity contribution in [1.29, 1.82) is 0 Å². The van der Waals surface area contributed by atoms with Crippen molar-refractivity contribution in [1.82, 2.24) is 15.0 Å². The van der Waals surface area contributed by atoms with Crippen molar-refractivity contribution >= 4 is 43.5 Å². The highest BCUT2D eigenvalue weighted by atomic mass is 16.5. The van der Waals surface area contributed by atoms with Crippen molar-refractivity contribution in [3.05, 3.63) is 188 Å². The molecule has 5 nitrogen and oxygen atoms in total. The van der Waals surface area contributed by atoms with Gasteiger partial charge < -0.3 is 9.15 Å². The van der Waals surface area contributed by atoms with E-state index in [1.54, 1.807) is 0 Å². The van der Waals surface area contributed by atoms with Gasteiger partial charge in [-0.1, -0.05) is 140 Å². The predicted molar refractivity (Wildman–Crippen MR) is 235 cm³/mol. The van der Waals surface area contributed by atoms with Crippen LogP contribution in [0.3, 0.4) is 0 Å². The minimum absolute atomic E-state index is 0.575. The largest absolute Gasteiger partial charge is 0.456 e. The van der Waals surface area contributed by atoms with Crippen LogP contribution in [0, 0.1) is 0 Å². The van der Waals surface area contributed by atoms with E-state index in [0.29, 0.717) is 17.5 Å². The summed E-state index contributed by atoms with van der Waals surface area (Å²) in [6.45, 7) is 0. The van der Waals surface area contributed by atoms with E-state index in [-0.39, 0.29) is 0 Å². The van der Waals surface area contributed by atoms with E-state index in [2.05, 4.69) is 140 Å². The smallest absolute Gasteiger partial charge is 0.164 e. The number of para-hydroxylation sites is 1. The topological polar surface area (TPSA) is 61.0 Å². The molecule has 5 heteroatoms. The number of benzene rings is 9. The van der Waals surface area contributed by atoms with Gasteiger partial charge in [0.2, 0.25) is 0 Å². The number of aromatic nitrogens is 3. The Balaban J connectivity index is 1.06. The lowest BCUT2D eigenvalue weighted by Gasteiger charge is -2.23. The van der Waals surface area contributed by atoms with Gasteiger partial charge in [-0.15, -0.1) is 0 Å². The fourth-order valence-corrected chi connectivity index (χ4v) is 8.54. The van der Waals surface area contributed by atoms with Gasteiger partial charge in [0.15, 0.2) is 17.5 Å². The molecule has 0 fully saturated rings. The van der Waals surface area contributed by atoms with E-state index < -0.39 is 0 Å². The van der Waals surface area contributed by atoms with Crippen molar-refractivity contribution < 1.29 is 9.15 Å². The van der Waals surface area contributed by atoms with Gasteiger partial charge in [-0.05, 0) is 92.5 Å². The van der Waals surface area contributed by atoms with E-state index in [1.807, 2.05) is 48.5 Å². The summed E-state index contributed by atoms with van der Waals surface area (Å²) in [5.74, 6) is 3.39. The first-order chi connectivity index (χ1) is 28.7. The summed E-state index contributed by atoms with van der Waals surface area (Å²) in [7, 11) is 0. The van der Waals surface area contributed by atoms with Crippen LogP contribution in [0.2, 0.25) is 0 Å². The lowest BCUT2D eigenvalue weighted by atomic mass is 9.90. The van der Waals surface area contributed by atoms with Crippen LogP contribution >= 0.6 is 0 Å². The molecule has 0 saturated heterocycles. The Bertz CT molecular complexity index is 3430. The number of fused-ring (bicyclic) bond motifs is 6. The Labute approximate surface area is 333 Å². The third-order valence-corrected chi connectivity index (χ3v) is 11.3. The molecule has 0 saturated carbocycles. The van der Waals surface area contributed by atoms with Crippen LogP contribution < -0.4 is 4.74 Å². The lowest BCUT2D eigenvalue weighted by molar-refractivity contribution is 0.487. The van der Waals surface area contributed by atoms with E-state index in [9.17, 15) is 0 Å². The van der Waals surface area contributed by atoms with Gasteiger partial charge in [-0.2, -0.15) is 0 Å². The second-order valence-electron chi connectivity index (χ2n) is 14.7. The molecule has 270 valence electrons. The summed E-state index contributed by atoms with van der Waals surface area (Å²) in [6, 6.07) is 65.1. The average molecular weight is 742 g/mol. The van der Waals surface area contributed by atoms with Crippen LogP contribution in [0.15, 0.2) is 192 Å². The highest BCUT2D eigenvalue weighted by Crippen LogP contribution is 2.49. The molecule has 1 aliphatic rings. The highest BCUT2D eigenvalue weighted by molar-refractivity contribution is 6.12. The number of rotatable bonds is 5. The van der Waals surface area contributed by atoms with Crippen molar-refractivity contribution in [2.24, 2.45) is 0 Å². The number of hydrogen-bond acceptors (Lipinski definition) is 5. The number of furan rings is 1. The normalized spacial score (nSPS) is 11.9. The average Bonchev–Trinajstić information content (AvgIpc) is 3.68. The molecule has 11 aromatic rings. The zero-order valence-corrected chi connectivity index (χ0v) is 31.1. The summed E-state index contributed by atoms with van der Waals surface area (Å²) in [6.07, 6.45) is 0. The molecule has 12 rings (SSSR count). The molecule has 3 heterocycles. The minimum Gasteiger partial charge on any atom is -0.456 e. The van der Waals surface area contributed by atoms with Crippen LogP contribution in [0.5, 0.6) is 11.5 Å². The third-order valence-electron chi connectivity index (χ3n) is 11.3. The van der Waals surface area contributed by atoms with Crippen LogP contribution in [-0.4, -0.2) is 15.0 Å². The maximum atomic E-state index is 6.61. The van der Waals surface area contributed by atoms with Gasteiger partial charge in [0.1, 0.15) is 22.7 Å². The van der Waals surface area contributed by atoms with Gasteiger partial charge in [0.25, 0.3) is 0 Å². The van der Waals surface area contributed by atoms with Crippen LogP contribution in [-0.2, 0) is 0 Å². The summed E-state index contributed by atoms with van der Waals surface area (Å²) in [5, 5.41) is 6.29. The third kappa shape index (κ3) is 5.21. The summed E-state index contributed by atoms with van der Waals surface area (Å²) < 4.78 is 12.9. The molecule has 1 aliphatic heterocycles. The van der Waals surface area contributed by atoms with Gasteiger partial charge in [-0.25, -0.2) is 15.0 Å². The van der Waals surface area contributed by atoms with Crippen LogP contribution in [0.4, 0.5) is 0 Å². The minimum atomic E-state index is 0.575. The standard InChI is InChI=1S/C53H31N3O2/c1-3-11-32(12-4-1)34-21-22-36-30-38(24-23-35(36)29-34)51-54-52(56-53(55-51)43-18-10-20-47-50(43)42-15-7-8-19-45(42)57-47)41-26-28-48-49-39(41)16-9-17-40(49)44-31-37(25-27-46(44)58-48)33-13-5-2-6-14-33/h1-31H. The highest BCUT2D eigenvalue weighted by Gasteiger charge is 2.24. The maximum Gasteiger partial charge on any atom is 0.164 e. The summed E-state index contributed by atoms with van der Waals surface area (Å²) in [4.78, 5) is 15.8. The Kier molecular flexibility index (Phi) is 7.16. The first-order valence-corrected chi connectivity index (χ1v) is 19.4. The van der Waals surface area contributed by atoms with Crippen molar-refractivity contribution in [3.63, 3.8) is 0 Å². The molecule has 9 aromatic carbocycles. The zero-order valence-electron chi connectivity index (χ0n) is 31.1. The van der Waals surface area contributed by atoms with Crippen molar-refractivity contribution in [2.45, 2.75) is 0 Å². The van der Waals surface area contributed by atoms with Crippen molar-refractivity contribution in [2.75, 3.05) is 0 Å². The van der Waals surface area contributed by atoms with Gasteiger partial charge in [0.05, 0.1) is 0 Å². The first-order valence-electron chi connectivity index (χ1n) is 19.4. The monoisotopic (exact) mass is 741 g/mol. The molecule has 0 bridgehead atoms. The fourth-order valence-electron chi connectivity index (χ4n) is 8.54. The van der Waals surface area contributed by atoms with Crippen molar-refractivity contribution in [3.8, 4) is 79.0 Å². The molecular formula is C53H31N3O2. The lowest BCUT2D eigenvalue weighted by Crippen LogP contribution is -2.02. The molecule has 0 amide bonds. The molecule has 0 N–H and O–H groups in total. The van der Waals surface area contributed by atoms with Crippen LogP contribution in [0.1, 0.15) is 0 Å². The quantitative estimate of drug-likeness (QED) is 0.176. The van der Waals surface area contributed by atoms with E-state index >= 15 is 0 Å². The molecule has 0 atom stereocenters. The number of ether oxygens (including phenoxy) is 1. The number of hydrogen-bond donors (Lipinski definition) is 0. The maximum absolute atomic E-state index is 6.61. The molecule has 58 heavy (non-hydrogen) atoms. The first kappa shape index (κ1) is 32.4. The van der Waals surface area contributed by atoms with E-state index in [0.717, 1.165) is 93.9 Å². The summed E-state index contributed by atoms with van der Waals surface area (Å²) >= 11 is 0. The molecule has 0 radical (unpaired) electrons. The number of nitrogens with zero attached hydrogens (tertiary/aromatic N) is 3. The van der Waals surface area contributed by atoms with Gasteiger partial charge in [-0.3, -0.25) is 0 Å². The fraction of sp³-hybridized carbons (Fsp3) is 0. The summed E-state index contributed by atoms with van der Waals surface area (Å²) in [5.41, 5.74) is 11.1. The Morgan fingerprint density at radius 3 is 1.71 bits per heavy atom. The predicted octanol–water partition coefficient (Wildman–Crippen LogP) is 14.2. The molecular weight excluding hydrogens is 711 g/mol. The Morgan fingerprint density at radius 2 is 0.897 bits per heavy atom. The van der Waals surface area contributed by atoms with Gasteiger partial charge in [0, 0.05) is 38.4 Å². The van der Waals surface area contributed by atoms with E-state index in [4.69, 9.17) is 24.1 Å². The Hall–Kier alpha value is -7.89. The second kappa shape index (κ2) is 12.8. The SMILES string of the molecule is c1ccc(-c2ccc3c(c2)-c2cccc4c(-c5nc(-c6ccc7cc(-c8ccccc8)ccc7c6)nc(-c6cccc7oc8ccccc8c67)n5)ccc(c24)O3)cc1. The Morgan fingerprint density at radius 1 is 0.310 bits per heavy atom. The molecule has 0 spiro atoms. The van der Waals surface area contributed by atoms with Crippen LogP contribution in [0.25, 0.3) is 111 Å². The molecule has 0 aliphatic carbocycles. The van der Waals surface area contributed by atoms with E-state index in [1.165, 1.54) is 11.1 Å². The molecule has 2 aromatic heterocycles.